The van der Waals surface area contributed by atoms with Crippen molar-refractivity contribution in [1.29, 1.82) is 0 Å². The van der Waals surface area contributed by atoms with E-state index < -0.39 is 17.9 Å². The highest BCUT2D eigenvalue weighted by molar-refractivity contribution is 5.85. The van der Waals surface area contributed by atoms with Crippen molar-refractivity contribution < 1.29 is 19.1 Å². The van der Waals surface area contributed by atoms with Crippen LogP contribution in [0, 0.1) is 17.3 Å². The molecule has 1 rings (SSSR count). The van der Waals surface area contributed by atoms with Crippen molar-refractivity contribution >= 4 is 11.9 Å². The maximum absolute atomic E-state index is 11.8. The Labute approximate surface area is 96.3 Å². The second-order valence-electron chi connectivity index (χ2n) is 5.29. The molecule has 0 bridgehead atoms. The van der Waals surface area contributed by atoms with Crippen LogP contribution in [0.15, 0.2) is 0 Å². The van der Waals surface area contributed by atoms with Crippen LogP contribution in [0.3, 0.4) is 0 Å². The lowest BCUT2D eigenvalue weighted by molar-refractivity contribution is -0.154. The molecule has 3 atom stereocenters. The summed E-state index contributed by atoms with van der Waals surface area (Å²) >= 11 is 0. The van der Waals surface area contributed by atoms with Gasteiger partial charge in [-0.05, 0) is 12.3 Å². The highest BCUT2D eigenvalue weighted by Gasteiger charge is 2.51. The number of carbonyl (C=O) groups is 2. The van der Waals surface area contributed by atoms with Crippen LogP contribution in [0.25, 0.3) is 0 Å². The van der Waals surface area contributed by atoms with Crippen LogP contribution in [0.5, 0.6) is 0 Å². The fraction of sp³-hybridized carbons (Fsp3) is 0.833. The van der Waals surface area contributed by atoms with E-state index in [0.29, 0.717) is 6.61 Å². The number of carbonyl (C=O) groups excluding carboxylic acids is 2. The molecule has 4 heteroatoms. The van der Waals surface area contributed by atoms with Crippen molar-refractivity contribution in [1.82, 2.24) is 0 Å². The second kappa shape index (κ2) is 4.44. The Morgan fingerprint density at radius 1 is 1.44 bits per heavy atom. The van der Waals surface area contributed by atoms with Gasteiger partial charge < -0.3 is 9.47 Å². The van der Waals surface area contributed by atoms with E-state index in [1.165, 1.54) is 0 Å². The summed E-state index contributed by atoms with van der Waals surface area (Å²) in [4.78, 5) is 23.3. The number of rotatable bonds is 2. The fourth-order valence-corrected chi connectivity index (χ4v) is 2.00. The molecule has 0 saturated carbocycles. The van der Waals surface area contributed by atoms with Gasteiger partial charge in [-0.15, -0.1) is 0 Å². The minimum Gasteiger partial charge on any atom is -0.466 e. The van der Waals surface area contributed by atoms with E-state index in [9.17, 15) is 9.59 Å². The van der Waals surface area contributed by atoms with Gasteiger partial charge in [0.15, 0.2) is 0 Å². The highest BCUT2D eigenvalue weighted by atomic mass is 16.6. The summed E-state index contributed by atoms with van der Waals surface area (Å²) in [6, 6.07) is 0. The molecule has 1 saturated heterocycles. The molecule has 0 aromatic carbocycles. The van der Waals surface area contributed by atoms with Gasteiger partial charge in [0, 0.05) is 0 Å². The summed E-state index contributed by atoms with van der Waals surface area (Å²) in [5.41, 5.74) is -0.252. The van der Waals surface area contributed by atoms with E-state index in [2.05, 4.69) is 0 Å². The SMILES string of the molecule is CCOC(=O)[C@@H]1[C@@H](C)C(=O)O[C@@H]1C(C)(C)C. The summed E-state index contributed by atoms with van der Waals surface area (Å²) in [5, 5.41) is 0. The van der Waals surface area contributed by atoms with E-state index in [0.717, 1.165) is 0 Å². The van der Waals surface area contributed by atoms with Gasteiger partial charge in [0.25, 0.3) is 0 Å². The first-order valence-electron chi connectivity index (χ1n) is 5.66. The van der Waals surface area contributed by atoms with Crippen molar-refractivity contribution in [3.63, 3.8) is 0 Å². The quantitative estimate of drug-likeness (QED) is 0.676. The molecule has 92 valence electrons. The van der Waals surface area contributed by atoms with Gasteiger partial charge in [0.1, 0.15) is 12.0 Å². The number of esters is 2. The molecular formula is C12H20O4. The molecule has 0 aromatic heterocycles. The van der Waals surface area contributed by atoms with Crippen LogP contribution in [-0.2, 0) is 19.1 Å². The first kappa shape index (κ1) is 13.0. The zero-order valence-electron chi connectivity index (χ0n) is 10.6. The molecule has 0 N–H and O–H groups in total. The third-order valence-electron chi connectivity index (χ3n) is 2.89. The standard InChI is InChI=1S/C12H20O4/c1-6-15-11(14)8-7(2)10(13)16-9(8)12(3,4)5/h7-9H,6H2,1-5H3/t7-,8-,9+/m1/s1. The molecule has 16 heavy (non-hydrogen) atoms. The maximum atomic E-state index is 11.8. The van der Waals surface area contributed by atoms with E-state index in [4.69, 9.17) is 9.47 Å². The van der Waals surface area contributed by atoms with Crippen LogP contribution >= 0.6 is 0 Å². The van der Waals surface area contributed by atoms with Gasteiger partial charge in [-0.2, -0.15) is 0 Å². The Hall–Kier alpha value is -1.06. The van der Waals surface area contributed by atoms with Crippen LogP contribution in [0.4, 0.5) is 0 Å². The first-order chi connectivity index (χ1) is 7.29. The van der Waals surface area contributed by atoms with Crippen molar-refractivity contribution in [3.8, 4) is 0 Å². The van der Waals surface area contributed by atoms with Gasteiger partial charge >= 0.3 is 11.9 Å². The summed E-state index contributed by atoms with van der Waals surface area (Å²) in [6.07, 6.45) is -0.394. The predicted molar refractivity (Wildman–Crippen MR) is 58.6 cm³/mol. The van der Waals surface area contributed by atoms with E-state index in [1.54, 1.807) is 13.8 Å². The summed E-state index contributed by atoms with van der Waals surface area (Å²) in [6.45, 7) is 9.66. The Kier molecular flexibility index (Phi) is 3.61. The van der Waals surface area contributed by atoms with Gasteiger partial charge in [-0.3, -0.25) is 9.59 Å². The van der Waals surface area contributed by atoms with Gasteiger partial charge in [0.2, 0.25) is 0 Å². The third-order valence-corrected chi connectivity index (χ3v) is 2.89. The zero-order chi connectivity index (χ0) is 12.5. The minimum absolute atomic E-state index is 0.252. The molecule has 4 nitrogen and oxygen atoms in total. The van der Waals surface area contributed by atoms with Crippen LogP contribution in [0.1, 0.15) is 34.6 Å². The van der Waals surface area contributed by atoms with Gasteiger partial charge in [-0.1, -0.05) is 27.7 Å². The number of hydrogen-bond donors (Lipinski definition) is 0. The lowest BCUT2D eigenvalue weighted by Gasteiger charge is -2.29. The number of ether oxygens (including phenoxy) is 2. The second-order valence-corrected chi connectivity index (χ2v) is 5.29. The summed E-state index contributed by atoms with van der Waals surface area (Å²) in [7, 11) is 0. The molecule has 1 heterocycles. The van der Waals surface area contributed by atoms with E-state index in [-0.39, 0.29) is 17.4 Å². The number of hydrogen-bond acceptors (Lipinski definition) is 4. The summed E-state index contributed by atoms with van der Waals surface area (Å²) in [5.74, 6) is -1.53. The number of cyclic esters (lactones) is 1. The fourth-order valence-electron chi connectivity index (χ4n) is 2.00. The molecule has 1 aliphatic rings. The van der Waals surface area contributed by atoms with Crippen molar-refractivity contribution in [3.05, 3.63) is 0 Å². The van der Waals surface area contributed by atoms with Crippen LogP contribution in [0.2, 0.25) is 0 Å². The largest absolute Gasteiger partial charge is 0.466 e. The lowest BCUT2D eigenvalue weighted by atomic mass is 9.78. The van der Waals surface area contributed by atoms with Crippen molar-refractivity contribution in [2.24, 2.45) is 17.3 Å². The van der Waals surface area contributed by atoms with Crippen molar-refractivity contribution in [2.45, 2.75) is 40.7 Å². The molecule has 0 amide bonds. The van der Waals surface area contributed by atoms with Gasteiger partial charge in [0.05, 0.1) is 12.5 Å². The van der Waals surface area contributed by atoms with Crippen LogP contribution in [-0.4, -0.2) is 24.6 Å². The Bertz CT molecular complexity index is 290. The molecule has 0 aromatic rings. The maximum Gasteiger partial charge on any atom is 0.313 e. The summed E-state index contributed by atoms with van der Waals surface area (Å²) < 4.78 is 10.3. The average Bonchev–Trinajstić information content (AvgIpc) is 2.43. The van der Waals surface area contributed by atoms with Gasteiger partial charge in [-0.25, -0.2) is 0 Å². The van der Waals surface area contributed by atoms with Crippen LogP contribution < -0.4 is 0 Å². The average molecular weight is 228 g/mol. The zero-order valence-corrected chi connectivity index (χ0v) is 10.6. The van der Waals surface area contributed by atoms with E-state index in [1.807, 2.05) is 20.8 Å². The predicted octanol–water partition coefficient (Wildman–Crippen LogP) is 1.77. The molecule has 1 aliphatic heterocycles. The molecule has 0 radical (unpaired) electrons. The smallest absolute Gasteiger partial charge is 0.313 e. The normalized spacial score (nSPS) is 30.1. The topological polar surface area (TPSA) is 52.6 Å². The molecule has 0 spiro atoms. The molecule has 1 fully saturated rings. The highest BCUT2D eigenvalue weighted by Crippen LogP contribution is 2.39. The Morgan fingerprint density at radius 2 is 2.00 bits per heavy atom. The Balaban J connectivity index is 2.92. The minimum atomic E-state index is -0.479. The molecular weight excluding hydrogens is 208 g/mol. The monoisotopic (exact) mass is 228 g/mol. The lowest BCUT2D eigenvalue weighted by Crippen LogP contribution is -2.38. The Morgan fingerprint density at radius 3 is 2.44 bits per heavy atom. The molecule has 0 unspecified atom stereocenters. The first-order valence-corrected chi connectivity index (χ1v) is 5.66. The van der Waals surface area contributed by atoms with Crippen molar-refractivity contribution in [2.75, 3.05) is 6.61 Å². The third kappa shape index (κ3) is 2.36. The van der Waals surface area contributed by atoms with E-state index >= 15 is 0 Å². The molecule has 0 aliphatic carbocycles.